The van der Waals surface area contributed by atoms with Crippen LogP contribution in [-0.4, -0.2) is 29.7 Å². The molecule has 0 aliphatic carbocycles. The predicted molar refractivity (Wildman–Crippen MR) is 65.4 cm³/mol. The first-order valence-electron chi connectivity index (χ1n) is 6.27. The molecular weight excluding hydrogens is 202 g/mol. The van der Waals surface area contributed by atoms with Crippen LogP contribution in [0.25, 0.3) is 0 Å². The second-order valence-electron chi connectivity index (χ2n) is 6.07. The van der Waals surface area contributed by atoms with Crippen molar-refractivity contribution < 1.29 is 9.53 Å². The third kappa shape index (κ3) is 4.03. The highest BCUT2D eigenvalue weighted by molar-refractivity contribution is 5.68. The molecule has 0 aromatic heterocycles. The number of nitrogens with zero attached hydrogens (tertiary/aromatic N) is 1. The number of amides is 1. The number of rotatable bonds is 1. The van der Waals surface area contributed by atoms with E-state index < -0.39 is 0 Å². The molecule has 1 amide bonds. The van der Waals surface area contributed by atoms with Gasteiger partial charge < -0.3 is 9.64 Å². The van der Waals surface area contributed by atoms with Gasteiger partial charge in [-0.1, -0.05) is 13.8 Å². The number of carbonyl (C=O) groups excluding carboxylic acids is 1. The molecule has 1 heterocycles. The van der Waals surface area contributed by atoms with Crippen molar-refractivity contribution >= 4 is 6.09 Å². The molecule has 1 rings (SSSR count). The lowest BCUT2D eigenvalue weighted by Gasteiger charge is -2.35. The molecule has 1 atom stereocenters. The van der Waals surface area contributed by atoms with Gasteiger partial charge in [0, 0.05) is 13.1 Å². The quantitative estimate of drug-likeness (QED) is 0.688. The van der Waals surface area contributed by atoms with E-state index in [9.17, 15) is 4.79 Å². The summed E-state index contributed by atoms with van der Waals surface area (Å²) in [6, 6.07) is 0. The van der Waals surface area contributed by atoms with Gasteiger partial charge in [0.1, 0.15) is 5.60 Å². The summed E-state index contributed by atoms with van der Waals surface area (Å²) in [6.45, 7) is 11.9. The van der Waals surface area contributed by atoms with Gasteiger partial charge in [0.2, 0.25) is 0 Å². The summed E-state index contributed by atoms with van der Waals surface area (Å²) in [5.41, 5.74) is -0.387. The monoisotopic (exact) mass is 227 g/mol. The van der Waals surface area contributed by atoms with E-state index in [2.05, 4.69) is 13.8 Å². The Balaban J connectivity index is 2.50. The lowest BCUT2D eigenvalue weighted by Crippen LogP contribution is -2.43. The SMILES string of the molecule is CC(C)C1CCCN(C(=O)OC(C)(C)C)C1. The minimum absolute atomic E-state index is 0.155. The van der Waals surface area contributed by atoms with E-state index in [0.29, 0.717) is 11.8 Å². The van der Waals surface area contributed by atoms with Crippen LogP contribution in [-0.2, 0) is 4.74 Å². The molecule has 1 saturated heterocycles. The van der Waals surface area contributed by atoms with Crippen LogP contribution in [0.5, 0.6) is 0 Å². The molecule has 0 spiro atoms. The van der Waals surface area contributed by atoms with Crippen LogP contribution in [0.2, 0.25) is 0 Å². The van der Waals surface area contributed by atoms with Gasteiger partial charge in [0.25, 0.3) is 0 Å². The molecule has 0 aromatic rings. The van der Waals surface area contributed by atoms with Gasteiger partial charge in [-0.2, -0.15) is 0 Å². The Morgan fingerprint density at radius 1 is 1.38 bits per heavy atom. The first-order valence-corrected chi connectivity index (χ1v) is 6.27. The minimum Gasteiger partial charge on any atom is -0.444 e. The van der Waals surface area contributed by atoms with E-state index in [1.165, 1.54) is 6.42 Å². The van der Waals surface area contributed by atoms with Crippen molar-refractivity contribution in [3.8, 4) is 0 Å². The van der Waals surface area contributed by atoms with E-state index >= 15 is 0 Å². The van der Waals surface area contributed by atoms with Crippen LogP contribution < -0.4 is 0 Å². The topological polar surface area (TPSA) is 29.5 Å². The van der Waals surface area contributed by atoms with Crippen molar-refractivity contribution in [1.29, 1.82) is 0 Å². The van der Waals surface area contributed by atoms with E-state index in [4.69, 9.17) is 4.74 Å². The molecule has 1 aliphatic heterocycles. The fourth-order valence-corrected chi connectivity index (χ4v) is 2.05. The summed E-state index contributed by atoms with van der Waals surface area (Å²) in [4.78, 5) is 13.7. The molecule has 0 bridgehead atoms. The second kappa shape index (κ2) is 5.07. The fourth-order valence-electron chi connectivity index (χ4n) is 2.05. The fraction of sp³-hybridized carbons (Fsp3) is 0.923. The Morgan fingerprint density at radius 2 is 2.00 bits per heavy atom. The standard InChI is InChI=1S/C13H25NO2/c1-10(2)11-7-6-8-14(9-11)12(15)16-13(3,4)5/h10-11H,6-9H2,1-5H3. The van der Waals surface area contributed by atoms with Crippen molar-refractivity contribution in [1.82, 2.24) is 4.90 Å². The number of hydrogen-bond donors (Lipinski definition) is 0. The smallest absolute Gasteiger partial charge is 0.410 e. The van der Waals surface area contributed by atoms with Crippen molar-refractivity contribution in [2.24, 2.45) is 11.8 Å². The maximum Gasteiger partial charge on any atom is 0.410 e. The first kappa shape index (κ1) is 13.3. The van der Waals surface area contributed by atoms with E-state index in [-0.39, 0.29) is 11.7 Å². The lowest BCUT2D eigenvalue weighted by molar-refractivity contribution is 0.0140. The minimum atomic E-state index is -0.387. The summed E-state index contributed by atoms with van der Waals surface area (Å²) < 4.78 is 5.39. The average Bonchev–Trinajstić information content (AvgIpc) is 2.15. The highest BCUT2D eigenvalue weighted by Crippen LogP contribution is 2.24. The third-order valence-corrected chi connectivity index (χ3v) is 3.05. The molecule has 0 aromatic carbocycles. The Hall–Kier alpha value is -0.730. The van der Waals surface area contributed by atoms with Gasteiger partial charge in [-0.3, -0.25) is 0 Å². The lowest BCUT2D eigenvalue weighted by atomic mass is 9.88. The molecule has 1 aliphatic rings. The van der Waals surface area contributed by atoms with E-state index in [1.807, 2.05) is 25.7 Å². The van der Waals surface area contributed by atoms with Crippen LogP contribution in [0.15, 0.2) is 0 Å². The maximum atomic E-state index is 11.9. The van der Waals surface area contributed by atoms with Gasteiger partial charge in [-0.25, -0.2) is 4.79 Å². The Labute approximate surface area is 99.1 Å². The summed E-state index contributed by atoms with van der Waals surface area (Å²) >= 11 is 0. The van der Waals surface area contributed by atoms with Crippen molar-refractivity contribution in [3.63, 3.8) is 0 Å². The molecule has 0 radical (unpaired) electrons. The predicted octanol–water partition coefficient (Wildman–Crippen LogP) is 3.29. The van der Waals surface area contributed by atoms with Crippen LogP contribution in [0.1, 0.15) is 47.5 Å². The van der Waals surface area contributed by atoms with Crippen LogP contribution in [0, 0.1) is 11.8 Å². The van der Waals surface area contributed by atoms with Crippen LogP contribution >= 0.6 is 0 Å². The molecule has 1 unspecified atom stereocenters. The number of likely N-dealkylation sites (tertiary alicyclic amines) is 1. The Kier molecular flexibility index (Phi) is 4.22. The summed E-state index contributed by atoms with van der Waals surface area (Å²) in [6.07, 6.45) is 2.18. The van der Waals surface area contributed by atoms with E-state index in [1.54, 1.807) is 0 Å². The molecule has 0 saturated carbocycles. The number of hydrogen-bond acceptors (Lipinski definition) is 2. The average molecular weight is 227 g/mol. The molecule has 16 heavy (non-hydrogen) atoms. The largest absolute Gasteiger partial charge is 0.444 e. The summed E-state index contributed by atoms with van der Waals surface area (Å²) in [5, 5.41) is 0. The number of piperidine rings is 1. The van der Waals surface area contributed by atoms with Crippen molar-refractivity contribution in [2.75, 3.05) is 13.1 Å². The van der Waals surface area contributed by atoms with Gasteiger partial charge in [0.05, 0.1) is 0 Å². The van der Waals surface area contributed by atoms with Gasteiger partial charge in [-0.05, 0) is 45.4 Å². The van der Waals surface area contributed by atoms with Crippen molar-refractivity contribution in [2.45, 2.75) is 53.1 Å². The summed E-state index contributed by atoms with van der Waals surface area (Å²) in [7, 11) is 0. The Bertz CT molecular complexity index is 243. The zero-order chi connectivity index (χ0) is 12.3. The maximum absolute atomic E-state index is 11.9. The zero-order valence-electron chi connectivity index (χ0n) is 11.2. The molecular formula is C13H25NO2. The molecule has 1 fully saturated rings. The first-order chi connectivity index (χ1) is 7.29. The molecule has 0 N–H and O–H groups in total. The summed E-state index contributed by atoms with van der Waals surface area (Å²) in [5.74, 6) is 1.27. The number of carbonyl (C=O) groups is 1. The van der Waals surface area contributed by atoms with Gasteiger partial charge >= 0.3 is 6.09 Å². The zero-order valence-corrected chi connectivity index (χ0v) is 11.2. The Morgan fingerprint density at radius 3 is 2.50 bits per heavy atom. The number of ether oxygens (including phenoxy) is 1. The normalized spacial score (nSPS) is 22.4. The van der Waals surface area contributed by atoms with Gasteiger partial charge in [-0.15, -0.1) is 0 Å². The van der Waals surface area contributed by atoms with Crippen LogP contribution in [0.3, 0.4) is 0 Å². The van der Waals surface area contributed by atoms with Crippen LogP contribution in [0.4, 0.5) is 4.79 Å². The second-order valence-corrected chi connectivity index (χ2v) is 6.07. The van der Waals surface area contributed by atoms with Gasteiger partial charge in [0.15, 0.2) is 0 Å². The highest BCUT2D eigenvalue weighted by Gasteiger charge is 2.28. The molecule has 94 valence electrons. The third-order valence-electron chi connectivity index (χ3n) is 3.05. The highest BCUT2D eigenvalue weighted by atomic mass is 16.6. The molecule has 3 heteroatoms. The molecule has 3 nitrogen and oxygen atoms in total. The van der Waals surface area contributed by atoms with E-state index in [0.717, 1.165) is 19.5 Å². The van der Waals surface area contributed by atoms with Crippen molar-refractivity contribution in [3.05, 3.63) is 0 Å².